The third-order valence-corrected chi connectivity index (χ3v) is 4.00. The molecule has 25 heavy (non-hydrogen) atoms. The Balaban J connectivity index is 1.55. The first-order chi connectivity index (χ1) is 12.3. The largest absolute Gasteiger partial charge is 0.467 e. The van der Waals surface area contributed by atoms with Crippen molar-refractivity contribution < 1.29 is 9.52 Å². The fourth-order valence-corrected chi connectivity index (χ4v) is 2.74. The third kappa shape index (κ3) is 4.42. The van der Waals surface area contributed by atoms with E-state index in [4.69, 9.17) is 4.42 Å². The Morgan fingerprint density at radius 2 is 2.12 bits per heavy atom. The van der Waals surface area contributed by atoms with E-state index in [0.717, 1.165) is 25.0 Å². The van der Waals surface area contributed by atoms with Crippen LogP contribution in [0.4, 0.5) is 0 Å². The SMILES string of the molecule is CCNC(=NCC(O)c1ccco1)NCCc1c[nH]c2ccccc12. The molecule has 0 amide bonds. The molecule has 6 nitrogen and oxygen atoms in total. The summed E-state index contributed by atoms with van der Waals surface area (Å²) in [4.78, 5) is 7.72. The lowest BCUT2D eigenvalue weighted by Crippen LogP contribution is -2.38. The van der Waals surface area contributed by atoms with Gasteiger partial charge in [-0.05, 0) is 37.1 Å². The number of fused-ring (bicyclic) bond motifs is 1. The Morgan fingerprint density at radius 3 is 2.92 bits per heavy atom. The summed E-state index contributed by atoms with van der Waals surface area (Å²) < 4.78 is 5.19. The van der Waals surface area contributed by atoms with Gasteiger partial charge < -0.3 is 25.1 Å². The minimum atomic E-state index is -0.737. The fourth-order valence-electron chi connectivity index (χ4n) is 2.74. The quantitative estimate of drug-likeness (QED) is 0.393. The molecule has 0 spiro atoms. The number of nitrogens with one attached hydrogen (secondary N) is 3. The molecule has 0 aliphatic carbocycles. The summed E-state index contributed by atoms with van der Waals surface area (Å²) in [5, 5.41) is 17.8. The van der Waals surface area contributed by atoms with Crippen LogP contribution >= 0.6 is 0 Å². The van der Waals surface area contributed by atoms with Crippen molar-refractivity contribution in [2.24, 2.45) is 4.99 Å². The molecule has 0 aliphatic rings. The molecule has 0 aliphatic heterocycles. The smallest absolute Gasteiger partial charge is 0.191 e. The van der Waals surface area contributed by atoms with Gasteiger partial charge in [-0.15, -0.1) is 0 Å². The third-order valence-electron chi connectivity index (χ3n) is 4.00. The average Bonchev–Trinajstić information content (AvgIpc) is 3.30. The summed E-state index contributed by atoms with van der Waals surface area (Å²) in [6.45, 7) is 3.77. The molecule has 1 unspecified atom stereocenters. The van der Waals surface area contributed by atoms with Crippen LogP contribution in [-0.4, -0.2) is 35.7 Å². The van der Waals surface area contributed by atoms with Gasteiger partial charge in [0.1, 0.15) is 11.9 Å². The molecule has 4 N–H and O–H groups in total. The number of aromatic amines is 1. The molecular weight excluding hydrogens is 316 g/mol. The summed E-state index contributed by atoms with van der Waals surface area (Å²) in [6, 6.07) is 11.8. The minimum absolute atomic E-state index is 0.246. The van der Waals surface area contributed by atoms with Crippen molar-refractivity contribution >= 4 is 16.9 Å². The number of benzene rings is 1. The number of H-pyrrole nitrogens is 1. The number of aliphatic hydroxyl groups is 1. The van der Waals surface area contributed by atoms with Gasteiger partial charge >= 0.3 is 0 Å². The van der Waals surface area contributed by atoms with Crippen LogP contribution in [0.3, 0.4) is 0 Å². The molecule has 0 fully saturated rings. The number of hydrogen-bond acceptors (Lipinski definition) is 3. The maximum Gasteiger partial charge on any atom is 0.191 e. The molecule has 132 valence electrons. The van der Waals surface area contributed by atoms with Crippen molar-refractivity contribution in [3.8, 4) is 0 Å². The first-order valence-electron chi connectivity index (χ1n) is 8.56. The van der Waals surface area contributed by atoms with Crippen LogP contribution in [0.15, 0.2) is 58.3 Å². The molecule has 3 aromatic rings. The molecule has 2 heterocycles. The van der Waals surface area contributed by atoms with E-state index in [2.05, 4.69) is 45.0 Å². The van der Waals surface area contributed by atoms with Gasteiger partial charge in [-0.1, -0.05) is 18.2 Å². The van der Waals surface area contributed by atoms with Crippen LogP contribution in [0.1, 0.15) is 24.4 Å². The number of aliphatic hydroxyl groups excluding tert-OH is 1. The van der Waals surface area contributed by atoms with Crippen LogP contribution in [0, 0.1) is 0 Å². The Kier molecular flexibility index (Phi) is 5.74. The van der Waals surface area contributed by atoms with E-state index in [1.807, 2.05) is 13.0 Å². The average molecular weight is 340 g/mol. The normalized spacial score (nSPS) is 13.1. The first-order valence-corrected chi connectivity index (χ1v) is 8.56. The number of aromatic nitrogens is 1. The summed E-state index contributed by atoms with van der Waals surface area (Å²) in [5.74, 6) is 1.21. The number of hydrogen-bond donors (Lipinski definition) is 4. The van der Waals surface area contributed by atoms with Crippen LogP contribution < -0.4 is 10.6 Å². The first kappa shape index (κ1) is 17.1. The van der Waals surface area contributed by atoms with Crippen LogP contribution in [-0.2, 0) is 6.42 Å². The van der Waals surface area contributed by atoms with Gasteiger partial charge in [0.2, 0.25) is 0 Å². The molecule has 6 heteroatoms. The molecule has 2 aromatic heterocycles. The predicted molar refractivity (Wildman–Crippen MR) is 99.7 cm³/mol. The Hall–Kier alpha value is -2.73. The Bertz CT molecular complexity index is 808. The van der Waals surface area contributed by atoms with E-state index in [9.17, 15) is 5.11 Å². The highest BCUT2D eigenvalue weighted by Gasteiger charge is 2.10. The van der Waals surface area contributed by atoms with Crippen molar-refractivity contribution in [2.45, 2.75) is 19.4 Å². The number of furan rings is 1. The maximum absolute atomic E-state index is 10.1. The van der Waals surface area contributed by atoms with Gasteiger partial charge in [0.05, 0.1) is 12.8 Å². The molecule has 0 bridgehead atoms. The van der Waals surface area contributed by atoms with Crippen molar-refractivity contribution in [3.63, 3.8) is 0 Å². The van der Waals surface area contributed by atoms with Gasteiger partial charge in [0.15, 0.2) is 5.96 Å². The van der Waals surface area contributed by atoms with E-state index in [1.54, 1.807) is 18.4 Å². The summed E-state index contributed by atoms with van der Waals surface area (Å²) in [5.41, 5.74) is 2.43. The second-order valence-corrected chi connectivity index (χ2v) is 5.79. The molecule has 0 radical (unpaired) electrons. The van der Waals surface area contributed by atoms with Gasteiger partial charge in [0.25, 0.3) is 0 Å². The molecule has 0 saturated carbocycles. The highest BCUT2D eigenvalue weighted by Crippen LogP contribution is 2.17. The highest BCUT2D eigenvalue weighted by atomic mass is 16.4. The maximum atomic E-state index is 10.1. The van der Waals surface area contributed by atoms with E-state index >= 15 is 0 Å². The summed E-state index contributed by atoms with van der Waals surface area (Å²) in [6.07, 6.45) is 3.75. The van der Waals surface area contributed by atoms with E-state index in [0.29, 0.717) is 11.7 Å². The second-order valence-electron chi connectivity index (χ2n) is 5.79. The topological polar surface area (TPSA) is 85.6 Å². The molecule has 0 saturated heterocycles. The lowest BCUT2D eigenvalue weighted by Gasteiger charge is -2.12. The van der Waals surface area contributed by atoms with Crippen molar-refractivity contribution in [1.29, 1.82) is 0 Å². The number of guanidine groups is 1. The van der Waals surface area contributed by atoms with Crippen LogP contribution in [0.25, 0.3) is 10.9 Å². The number of nitrogens with zero attached hydrogens (tertiary/aromatic N) is 1. The highest BCUT2D eigenvalue weighted by molar-refractivity contribution is 5.83. The lowest BCUT2D eigenvalue weighted by atomic mass is 10.1. The fraction of sp³-hybridized carbons (Fsp3) is 0.316. The summed E-state index contributed by atoms with van der Waals surface area (Å²) in [7, 11) is 0. The zero-order chi connectivity index (χ0) is 17.5. The zero-order valence-electron chi connectivity index (χ0n) is 14.3. The zero-order valence-corrected chi connectivity index (χ0v) is 14.3. The Labute approximate surface area is 147 Å². The van der Waals surface area contributed by atoms with E-state index in [-0.39, 0.29) is 6.54 Å². The van der Waals surface area contributed by atoms with Crippen LogP contribution in [0.5, 0.6) is 0 Å². The molecule has 1 atom stereocenters. The van der Waals surface area contributed by atoms with Gasteiger partial charge in [-0.25, -0.2) is 0 Å². The number of para-hydroxylation sites is 1. The lowest BCUT2D eigenvalue weighted by molar-refractivity contribution is 0.158. The van der Waals surface area contributed by atoms with E-state index in [1.165, 1.54) is 10.9 Å². The second kappa shape index (κ2) is 8.39. The molecular formula is C19H24N4O2. The van der Waals surface area contributed by atoms with E-state index < -0.39 is 6.10 Å². The molecule has 1 aromatic carbocycles. The van der Waals surface area contributed by atoms with Gasteiger partial charge in [-0.2, -0.15) is 0 Å². The Morgan fingerprint density at radius 1 is 1.24 bits per heavy atom. The summed E-state index contributed by atoms with van der Waals surface area (Å²) >= 11 is 0. The minimum Gasteiger partial charge on any atom is -0.467 e. The van der Waals surface area contributed by atoms with Crippen LogP contribution in [0.2, 0.25) is 0 Å². The number of rotatable bonds is 7. The monoisotopic (exact) mass is 340 g/mol. The van der Waals surface area contributed by atoms with Gasteiger partial charge in [0, 0.05) is 30.2 Å². The van der Waals surface area contributed by atoms with Crippen molar-refractivity contribution in [3.05, 3.63) is 60.2 Å². The van der Waals surface area contributed by atoms with Crippen molar-refractivity contribution in [1.82, 2.24) is 15.6 Å². The number of aliphatic imine (C=N–C) groups is 1. The standard InChI is InChI=1S/C19H24N4O2/c1-2-20-19(23-13-17(24)18-8-5-11-25-18)21-10-9-14-12-22-16-7-4-3-6-15(14)16/h3-8,11-12,17,22,24H,2,9-10,13H2,1H3,(H2,20,21,23). The van der Waals surface area contributed by atoms with Crippen molar-refractivity contribution in [2.75, 3.05) is 19.6 Å². The van der Waals surface area contributed by atoms with Gasteiger partial charge in [-0.3, -0.25) is 4.99 Å². The molecule has 3 rings (SSSR count). The predicted octanol–water partition coefficient (Wildman–Crippen LogP) is 2.59.